The molecular weight excluding hydrogens is 340 g/mol. The second-order valence-electron chi connectivity index (χ2n) is 5.54. The number of pyridine rings is 2. The Kier molecular flexibility index (Phi) is 3.54. The van der Waals surface area contributed by atoms with Crippen LogP contribution in [0, 0.1) is 0 Å². The maximum Gasteiger partial charge on any atom is 0.357 e. The highest BCUT2D eigenvalue weighted by molar-refractivity contribution is 6.33. The van der Waals surface area contributed by atoms with Crippen molar-refractivity contribution in [3.8, 4) is 11.3 Å². The molecule has 0 fully saturated rings. The van der Waals surface area contributed by atoms with Gasteiger partial charge in [0.15, 0.2) is 11.3 Å². The van der Waals surface area contributed by atoms with Crippen molar-refractivity contribution < 1.29 is 9.90 Å². The molecule has 0 amide bonds. The first-order valence-corrected chi connectivity index (χ1v) is 7.94. The van der Waals surface area contributed by atoms with Gasteiger partial charge in [0.2, 0.25) is 0 Å². The maximum absolute atomic E-state index is 11.4. The van der Waals surface area contributed by atoms with Crippen LogP contribution in [0.2, 0.25) is 5.15 Å². The molecule has 3 aromatic heterocycles. The summed E-state index contributed by atoms with van der Waals surface area (Å²) >= 11 is 6.34. The molecule has 0 saturated heterocycles. The van der Waals surface area contributed by atoms with E-state index in [1.807, 2.05) is 36.4 Å². The molecule has 4 rings (SSSR count). The largest absolute Gasteiger partial charge is 0.476 e. The number of benzene rings is 1. The van der Waals surface area contributed by atoms with E-state index in [1.54, 1.807) is 23.8 Å². The lowest BCUT2D eigenvalue weighted by molar-refractivity contribution is 0.0691. The van der Waals surface area contributed by atoms with Crippen LogP contribution >= 0.6 is 11.6 Å². The topological polar surface area (TPSA) is 79.5 Å². The molecule has 2 N–H and O–H groups in total. The molecular formula is C18H13ClN4O2. The van der Waals surface area contributed by atoms with Crippen LogP contribution in [0.1, 0.15) is 10.5 Å². The molecule has 0 spiro atoms. The Morgan fingerprint density at radius 3 is 2.80 bits per heavy atom. The lowest BCUT2D eigenvalue weighted by atomic mass is 10.1. The van der Waals surface area contributed by atoms with Crippen LogP contribution in [-0.2, 0) is 0 Å². The molecule has 7 heteroatoms. The van der Waals surface area contributed by atoms with Crippen molar-refractivity contribution in [2.75, 3.05) is 12.4 Å². The van der Waals surface area contributed by atoms with Gasteiger partial charge in [-0.3, -0.25) is 9.38 Å². The van der Waals surface area contributed by atoms with E-state index in [2.05, 4.69) is 15.3 Å². The van der Waals surface area contributed by atoms with E-state index < -0.39 is 5.97 Å². The molecule has 4 aromatic rings. The van der Waals surface area contributed by atoms with Gasteiger partial charge in [-0.15, -0.1) is 0 Å². The number of rotatable bonds is 3. The number of hydrogen-bond acceptors (Lipinski definition) is 4. The minimum Gasteiger partial charge on any atom is -0.476 e. The minimum absolute atomic E-state index is 0.0735. The number of nitrogens with zero attached hydrogens (tertiary/aromatic N) is 3. The summed E-state index contributed by atoms with van der Waals surface area (Å²) in [5, 5.41) is 14.5. The lowest BCUT2D eigenvalue weighted by Crippen LogP contribution is -1.98. The zero-order valence-corrected chi connectivity index (χ0v) is 13.9. The Bertz CT molecular complexity index is 1140. The molecule has 0 radical (unpaired) electrons. The summed E-state index contributed by atoms with van der Waals surface area (Å²) in [7, 11) is 1.75. The van der Waals surface area contributed by atoms with Gasteiger partial charge in [0.25, 0.3) is 0 Å². The summed E-state index contributed by atoms with van der Waals surface area (Å²) in [5.74, 6) is -1.16. The van der Waals surface area contributed by atoms with Crippen molar-refractivity contribution in [2.24, 2.45) is 0 Å². The van der Waals surface area contributed by atoms with E-state index in [-0.39, 0.29) is 10.8 Å². The van der Waals surface area contributed by atoms with Gasteiger partial charge in [-0.05, 0) is 35.2 Å². The second kappa shape index (κ2) is 5.75. The smallest absolute Gasteiger partial charge is 0.357 e. The predicted molar refractivity (Wildman–Crippen MR) is 97.4 cm³/mol. The van der Waals surface area contributed by atoms with E-state index in [1.165, 1.54) is 0 Å². The third kappa shape index (κ3) is 2.38. The molecule has 0 unspecified atom stereocenters. The summed E-state index contributed by atoms with van der Waals surface area (Å²) in [5.41, 5.74) is 2.66. The van der Waals surface area contributed by atoms with E-state index in [9.17, 15) is 9.90 Å². The van der Waals surface area contributed by atoms with Gasteiger partial charge >= 0.3 is 5.97 Å². The normalized spacial score (nSPS) is 11.1. The van der Waals surface area contributed by atoms with Crippen molar-refractivity contribution in [1.29, 1.82) is 0 Å². The number of carboxylic acids is 1. The fraction of sp³-hybridized carbons (Fsp3) is 0.0556. The third-order valence-corrected chi connectivity index (χ3v) is 4.47. The van der Waals surface area contributed by atoms with Crippen LogP contribution in [-0.4, -0.2) is 32.5 Å². The van der Waals surface area contributed by atoms with E-state index >= 15 is 0 Å². The molecule has 6 nitrogen and oxygen atoms in total. The number of carboxylic acid groups (broad SMARTS) is 1. The van der Waals surface area contributed by atoms with Crippen LogP contribution in [0.5, 0.6) is 0 Å². The average molecular weight is 353 g/mol. The Morgan fingerprint density at radius 1 is 1.20 bits per heavy atom. The quantitative estimate of drug-likeness (QED) is 0.583. The van der Waals surface area contributed by atoms with E-state index in [0.29, 0.717) is 11.3 Å². The Labute approximate surface area is 147 Å². The third-order valence-electron chi connectivity index (χ3n) is 4.12. The molecule has 124 valence electrons. The molecule has 0 saturated carbocycles. The second-order valence-corrected chi connectivity index (χ2v) is 5.89. The fourth-order valence-corrected chi connectivity index (χ4v) is 3.21. The van der Waals surface area contributed by atoms with Gasteiger partial charge in [-0.25, -0.2) is 9.78 Å². The van der Waals surface area contributed by atoms with Gasteiger partial charge in [0.1, 0.15) is 5.15 Å². The molecule has 1 aromatic carbocycles. The SMILES string of the molecule is CNc1ccc(-c2ccc3cnccc3c2)n2c(Cl)c(C(=O)O)nc12. The predicted octanol–water partition coefficient (Wildman–Crippen LogP) is 3.94. The summed E-state index contributed by atoms with van der Waals surface area (Å²) in [4.78, 5) is 19.7. The highest BCUT2D eigenvalue weighted by Gasteiger charge is 2.21. The van der Waals surface area contributed by atoms with Crippen molar-refractivity contribution in [2.45, 2.75) is 0 Å². The number of anilines is 1. The van der Waals surface area contributed by atoms with E-state index in [4.69, 9.17) is 11.6 Å². The zero-order valence-electron chi connectivity index (χ0n) is 13.2. The summed E-state index contributed by atoms with van der Waals surface area (Å²) in [6.45, 7) is 0. The number of imidazole rings is 1. The Hall–Kier alpha value is -3.12. The molecule has 0 bridgehead atoms. The first-order valence-electron chi connectivity index (χ1n) is 7.56. The van der Waals surface area contributed by atoms with Crippen LogP contribution in [0.3, 0.4) is 0 Å². The highest BCUT2D eigenvalue weighted by Crippen LogP contribution is 2.32. The van der Waals surface area contributed by atoms with Crippen LogP contribution in [0.25, 0.3) is 27.7 Å². The number of hydrogen-bond donors (Lipinski definition) is 2. The summed E-state index contributed by atoms with van der Waals surface area (Å²) < 4.78 is 1.65. The van der Waals surface area contributed by atoms with Crippen LogP contribution < -0.4 is 5.32 Å². The van der Waals surface area contributed by atoms with E-state index in [0.717, 1.165) is 22.0 Å². The average Bonchev–Trinajstić information content (AvgIpc) is 2.98. The Morgan fingerprint density at radius 2 is 2.04 bits per heavy atom. The minimum atomic E-state index is -1.16. The van der Waals surface area contributed by atoms with Crippen molar-refractivity contribution in [1.82, 2.24) is 14.4 Å². The maximum atomic E-state index is 11.4. The Balaban J connectivity index is 2.05. The van der Waals surface area contributed by atoms with Gasteiger partial charge in [0.05, 0.1) is 11.4 Å². The number of carbonyl (C=O) groups is 1. The highest BCUT2D eigenvalue weighted by atomic mass is 35.5. The fourth-order valence-electron chi connectivity index (χ4n) is 2.91. The number of nitrogens with one attached hydrogen (secondary N) is 1. The number of aromatic carboxylic acids is 1. The standard InChI is InChI=1S/C18H13ClN4O2/c1-20-13-4-5-14(23-16(19)15(18(24)25)22-17(13)23)11-2-3-12-9-21-7-6-10(12)8-11/h2-9,20H,1H3,(H,24,25). The lowest BCUT2D eigenvalue weighted by Gasteiger charge is -2.11. The molecule has 25 heavy (non-hydrogen) atoms. The van der Waals surface area contributed by atoms with Crippen LogP contribution in [0.4, 0.5) is 5.69 Å². The monoisotopic (exact) mass is 352 g/mol. The summed E-state index contributed by atoms with van der Waals surface area (Å²) in [6, 6.07) is 11.6. The van der Waals surface area contributed by atoms with Crippen molar-refractivity contribution in [3.05, 3.63) is 59.6 Å². The molecule has 0 atom stereocenters. The molecule has 3 heterocycles. The molecule has 0 aliphatic carbocycles. The van der Waals surface area contributed by atoms with Gasteiger partial charge in [-0.1, -0.05) is 23.7 Å². The molecule has 0 aliphatic heterocycles. The van der Waals surface area contributed by atoms with Gasteiger partial charge in [-0.2, -0.15) is 0 Å². The first-order chi connectivity index (χ1) is 12.1. The summed E-state index contributed by atoms with van der Waals surface area (Å²) in [6.07, 6.45) is 3.53. The first kappa shape index (κ1) is 15.4. The number of aromatic nitrogens is 3. The van der Waals surface area contributed by atoms with Crippen LogP contribution in [0.15, 0.2) is 48.8 Å². The van der Waals surface area contributed by atoms with Crippen molar-refractivity contribution >= 4 is 39.7 Å². The van der Waals surface area contributed by atoms with Gasteiger partial charge < -0.3 is 10.4 Å². The number of halogens is 1. The molecule has 0 aliphatic rings. The zero-order chi connectivity index (χ0) is 17.6. The van der Waals surface area contributed by atoms with Gasteiger partial charge in [0, 0.05) is 24.8 Å². The van der Waals surface area contributed by atoms with Crippen molar-refractivity contribution in [3.63, 3.8) is 0 Å². The number of fused-ring (bicyclic) bond motifs is 2.